The van der Waals surface area contributed by atoms with Crippen molar-refractivity contribution in [1.82, 2.24) is 0 Å². The lowest BCUT2D eigenvalue weighted by Crippen LogP contribution is -2.39. The minimum atomic E-state index is -1.15. The van der Waals surface area contributed by atoms with Gasteiger partial charge in [0, 0.05) is 19.8 Å². The molecule has 4 nitrogen and oxygen atoms in total. The van der Waals surface area contributed by atoms with Gasteiger partial charge in [-0.1, -0.05) is 13.8 Å². The summed E-state index contributed by atoms with van der Waals surface area (Å²) in [6, 6.07) is 0. The van der Waals surface area contributed by atoms with Gasteiger partial charge in [-0.05, 0) is 0 Å². The quantitative estimate of drug-likeness (QED) is 0.364. The molecule has 0 rings (SSSR count). The second-order valence-electron chi connectivity index (χ2n) is 2.98. The summed E-state index contributed by atoms with van der Waals surface area (Å²) in [6.07, 6.45) is 0. The van der Waals surface area contributed by atoms with E-state index in [1.165, 1.54) is 6.92 Å². The van der Waals surface area contributed by atoms with E-state index < -0.39 is 11.8 Å². The molecule has 0 aromatic rings. The Balaban J connectivity index is 4.37. The molecule has 0 spiro atoms. The normalized spacial score (nSPS) is 15.1. The largest absolute Gasteiger partial charge is 0.425 e. The molecule has 1 atom stereocenters. The van der Waals surface area contributed by atoms with Crippen LogP contribution in [0.1, 0.15) is 27.7 Å². The average Bonchev–Trinajstić information content (AvgIpc) is 1.85. The van der Waals surface area contributed by atoms with Crippen LogP contribution in [-0.2, 0) is 19.1 Å². The molecule has 0 aromatic carbocycles. The van der Waals surface area contributed by atoms with Crippen LogP contribution in [0.25, 0.3) is 0 Å². The third kappa shape index (κ3) is 2.90. The predicted molar refractivity (Wildman–Crippen MR) is 42.2 cm³/mol. The molecular weight excluding hydrogens is 160 g/mol. The lowest BCUT2D eigenvalue weighted by molar-refractivity contribution is -0.227. The highest BCUT2D eigenvalue weighted by Gasteiger charge is 2.33. The zero-order chi connectivity index (χ0) is 9.78. The number of carbonyl (C=O) groups excluding carboxylic acids is 2. The summed E-state index contributed by atoms with van der Waals surface area (Å²) in [7, 11) is 0. The molecule has 12 heavy (non-hydrogen) atoms. The van der Waals surface area contributed by atoms with Gasteiger partial charge in [0.1, 0.15) is 0 Å². The van der Waals surface area contributed by atoms with E-state index in [1.807, 2.05) is 0 Å². The predicted octanol–water partition coefficient (Wildman–Crippen LogP) is 1.09. The van der Waals surface area contributed by atoms with E-state index in [1.54, 1.807) is 20.8 Å². The maximum absolute atomic E-state index is 10.6. The van der Waals surface area contributed by atoms with Gasteiger partial charge >= 0.3 is 5.97 Å². The van der Waals surface area contributed by atoms with Crippen molar-refractivity contribution >= 4 is 12.4 Å². The van der Waals surface area contributed by atoms with E-state index >= 15 is 0 Å². The van der Waals surface area contributed by atoms with E-state index in [4.69, 9.17) is 4.74 Å². The molecule has 0 heterocycles. The number of rotatable bonds is 4. The van der Waals surface area contributed by atoms with Crippen LogP contribution in [0.2, 0.25) is 0 Å². The molecule has 0 saturated carbocycles. The molecule has 0 aliphatic carbocycles. The summed E-state index contributed by atoms with van der Waals surface area (Å²) < 4.78 is 9.53. The Labute approximate surface area is 71.8 Å². The number of esters is 1. The van der Waals surface area contributed by atoms with Gasteiger partial charge < -0.3 is 9.47 Å². The minimum absolute atomic E-state index is 0.0772. The molecule has 1 unspecified atom stereocenters. The van der Waals surface area contributed by atoms with Gasteiger partial charge in [-0.25, -0.2) is 0 Å². The Morgan fingerprint density at radius 1 is 1.50 bits per heavy atom. The van der Waals surface area contributed by atoms with Gasteiger partial charge in [-0.2, -0.15) is 0 Å². The highest BCUT2D eigenvalue weighted by Crippen LogP contribution is 2.21. The van der Waals surface area contributed by atoms with Gasteiger partial charge in [0.2, 0.25) is 0 Å². The summed E-state index contributed by atoms with van der Waals surface area (Å²) in [4.78, 5) is 20.7. The van der Waals surface area contributed by atoms with Gasteiger partial charge in [0.25, 0.3) is 12.3 Å². The maximum Gasteiger partial charge on any atom is 0.305 e. The van der Waals surface area contributed by atoms with E-state index in [-0.39, 0.29) is 12.4 Å². The third-order valence-corrected chi connectivity index (χ3v) is 1.68. The number of carbonyl (C=O) groups is 2. The molecule has 70 valence electrons. The first kappa shape index (κ1) is 10.9. The first-order valence-electron chi connectivity index (χ1n) is 3.73. The number of hydrogen-bond donors (Lipinski definition) is 0. The van der Waals surface area contributed by atoms with Crippen LogP contribution < -0.4 is 0 Å². The van der Waals surface area contributed by atoms with Crippen molar-refractivity contribution in [3.8, 4) is 0 Å². The first-order valence-corrected chi connectivity index (χ1v) is 3.73. The Kier molecular flexibility index (Phi) is 3.73. The fraction of sp³-hybridized carbons (Fsp3) is 0.750. The topological polar surface area (TPSA) is 52.6 Å². The van der Waals surface area contributed by atoms with Crippen molar-refractivity contribution in [2.45, 2.75) is 33.5 Å². The van der Waals surface area contributed by atoms with Crippen LogP contribution in [-0.4, -0.2) is 18.2 Å². The minimum Gasteiger partial charge on any atom is -0.425 e. The summed E-state index contributed by atoms with van der Waals surface area (Å²) in [5.74, 6) is -1.69. The summed E-state index contributed by atoms with van der Waals surface area (Å²) in [6.45, 7) is 6.70. The maximum atomic E-state index is 10.6. The SMILES string of the molecule is CC(=O)OC(C)(OC=O)C(C)C. The van der Waals surface area contributed by atoms with Crippen LogP contribution >= 0.6 is 0 Å². The molecular formula is C8H14O4. The smallest absolute Gasteiger partial charge is 0.305 e. The molecule has 0 N–H and O–H groups in total. The molecule has 0 aromatic heterocycles. The standard InChI is InChI=1S/C8H14O4/c1-6(2)8(4,11-5-9)12-7(3)10/h5-6H,1-4H3. The van der Waals surface area contributed by atoms with Crippen LogP contribution in [0, 0.1) is 5.92 Å². The van der Waals surface area contributed by atoms with Crippen LogP contribution in [0.4, 0.5) is 0 Å². The van der Waals surface area contributed by atoms with Crippen LogP contribution in [0.3, 0.4) is 0 Å². The van der Waals surface area contributed by atoms with Gasteiger partial charge in [-0.3, -0.25) is 9.59 Å². The lowest BCUT2D eigenvalue weighted by atomic mass is 10.1. The highest BCUT2D eigenvalue weighted by atomic mass is 16.7. The molecule has 0 bridgehead atoms. The second kappa shape index (κ2) is 4.09. The third-order valence-electron chi connectivity index (χ3n) is 1.68. The van der Waals surface area contributed by atoms with Crippen molar-refractivity contribution in [3.05, 3.63) is 0 Å². The zero-order valence-corrected chi connectivity index (χ0v) is 7.79. The fourth-order valence-electron chi connectivity index (χ4n) is 0.659. The Morgan fingerprint density at radius 2 is 2.00 bits per heavy atom. The van der Waals surface area contributed by atoms with Crippen LogP contribution in [0.15, 0.2) is 0 Å². The van der Waals surface area contributed by atoms with Gasteiger partial charge in [-0.15, -0.1) is 0 Å². The molecule has 0 aliphatic rings. The fourth-order valence-corrected chi connectivity index (χ4v) is 0.659. The van der Waals surface area contributed by atoms with E-state index in [0.29, 0.717) is 0 Å². The van der Waals surface area contributed by atoms with Crippen LogP contribution in [0.5, 0.6) is 0 Å². The summed E-state index contributed by atoms with van der Waals surface area (Å²) in [5, 5.41) is 0. The number of hydrogen-bond acceptors (Lipinski definition) is 4. The Bertz CT molecular complexity index is 176. The van der Waals surface area contributed by atoms with E-state index in [9.17, 15) is 9.59 Å². The van der Waals surface area contributed by atoms with Crippen molar-refractivity contribution in [2.75, 3.05) is 0 Å². The summed E-state index contributed by atoms with van der Waals surface area (Å²) in [5.41, 5.74) is 0. The number of ether oxygens (including phenoxy) is 2. The average molecular weight is 174 g/mol. The monoisotopic (exact) mass is 174 g/mol. The Hall–Kier alpha value is -1.06. The Morgan fingerprint density at radius 3 is 2.25 bits per heavy atom. The van der Waals surface area contributed by atoms with E-state index in [0.717, 1.165) is 0 Å². The molecule has 0 radical (unpaired) electrons. The molecule has 0 aliphatic heterocycles. The molecule has 0 fully saturated rings. The van der Waals surface area contributed by atoms with Crippen molar-refractivity contribution in [1.29, 1.82) is 0 Å². The molecule has 0 amide bonds. The van der Waals surface area contributed by atoms with Crippen molar-refractivity contribution < 1.29 is 19.1 Å². The second-order valence-corrected chi connectivity index (χ2v) is 2.98. The van der Waals surface area contributed by atoms with Gasteiger partial charge in [0.05, 0.1) is 0 Å². The first-order chi connectivity index (χ1) is 5.42. The van der Waals surface area contributed by atoms with Gasteiger partial charge in [0.15, 0.2) is 0 Å². The highest BCUT2D eigenvalue weighted by molar-refractivity contribution is 5.66. The van der Waals surface area contributed by atoms with Crippen molar-refractivity contribution in [3.63, 3.8) is 0 Å². The van der Waals surface area contributed by atoms with Crippen molar-refractivity contribution in [2.24, 2.45) is 5.92 Å². The lowest BCUT2D eigenvalue weighted by Gasteiger charge is -2.30. The molecule has 4 heteroatoms. The zero-order valence-electron chi connectivity index (χ0n) is 7.79. The summed E-state index contributed by atoms with van der Waals surface area (Å²) >= 11 is 0. The molecule has 0 saturated heterocycles. The van der Waals surface area contributed by atoms with E-state index in [2.05, 4.69) is 4.74 Å².